The lowest BCUT2D eigenvalue weighted by atomic mass is 10.1. The SMILES string of the molecule is CCNC(=NCc1nccn1CCc1ccccc1)Nc1cccc(OCCCOC)c1. The molecule has 7 heteroatoms. The van der Waals surface area contributed by atoms with Gasteiger partial charge >= 0.3 is 0 Å². The summed E-state index contributed by atoms with van der Waals surface area (Å²) in [6.07, 6.45) is 5.66. The molecule has 1 heterocycles. The van der Waals surface area contributed by atoms with E-state index in [1.165, 1.54) is 5.56 Å². The van der Waals surface area contributed by atoms with Gasteiger partial charge in [-0.25, -0.2) is 9.98 Å². The molecule has 3 aromatic rings. The van der Waals surface area contributed by atoms with Crippen LogP contribution in [0.2, 0.25) is 0 Å². The van der Waals surface area contributed by atoms with Gasteiger partial charge in [-0.2, -0.15) is 0 Å². The number of nitrogens with zero attached hydrogens (tertiary/aromatic N) is 3. The van der Waals surface area contributed by atoms with Gasteiger partial charge in [-0.05, 0) is 31.0 Å². The minimum absolute atomic E-state index is 0.490. The highest BCUT2D eigenvalue weighted by atomic mass is 16.5. The van der Waals surface area contributed by atoms with E-state index in [2.05, 4.69) is 44.5 Å². The molecule has 1 aromatic heterocycles. The highest BCUT2D eigenvalue weighted by molar-refractivity contribution is 5.93. The monoisotopic (exact) mass is 435 g/mol. The smallest absolute Gasteiger partial charge is 0.196 e. The molecule has 3 rings (SSSR count). The van der Waals surface area contributed by atoms with Gasteiger partial charge in [0, 0.05) is 57.4 Å². The van der Waals surface area contributed by atoms with Gasteiger partial charge in [-0.1, -0.05) is 36.4 Å². The number of aliphatic imine (C=N–C) groups is 1. The maximum atomic E-state index is 5.79. The molecule has 0 radical (unpaired) electrons. The minimum Gasteiger partial charge on any atom is -0.493 e. The van der Waals surface area contributed by atoms with Crippen molar-refractivity contribution in [2.45, 2.75) is 32.9 Å². The number of aromatic nitrogens is 2. The van der Waals surface area contributed by atoms with Crippen LogP contribution in [0.1, 0.15) is 24.7 Å². The summed E-state index contributed by atoms with van der Waals surface area (Å²) in [5, 5.41) is 6.65. The summed E-state index contributed by atoms with van der Waals surface area (Å²) in [5.74, 6) is 2.47. The lowest BCUT2D eigenvalue weighted by molar-refractivity contribution is 0.172. The summed E-state index contributed by atoms with van der Waals surface area (Å²) in [7, 11) is 1.70. The Balaban J connectivity index is 1.59. The summed E-state index contributed by atoms with van der Waals surface area (Å²) in [6.45, 7) is 5.49. The van der Waals surface area contributed by atoms with Crippen molar-refractivity contribution in [3.8, 4) is 5.75 Å². The summed E-state index contributed by atoms with van der Waals surface area (Å²) in [5.41, 5.74) is 2.23. The Kier molecular flexibility index (Phi) is 9.61. The fourth-order valence-corrected chi connectivity index (χ4v) is 3.24. The maximum absolute atomic E-state index is 5.79. The molecule has 0 unspecified atom stereocenters. The van der Waals surface area contributed by atoms with Crippen LogP contribution in [0.4, 0.5) is 5.69 Å². The number of ether oxygens (including phenoxy) is 2. The Morgan fingerprint density at radius 2 is 1.97 bits per heavy atom. The number of methoxy groups -OCH3 is 1. The van der Waals surface area contributed by atoms with Crippen molar-refractivity contribution in [1.29, 1.82) is 0 Å². The molecule has 0 saturated heterocycles. The van der Waals surface area contributed by atoms with Crippen molar-refractivity contribution in [3.05, 3.63) is 78.4 Å². The predicted molar refractivity (Wildman–Crippen MR) is 129 cm³/mol. The molecule has 0 saturated carbocycles. The molecule has 0 spiro atoms. The molecule has 0 bridgehead atoms. The molecular formula is C25H33N5O2. The van der Waals surface area contributed by atoms with E-state index in [9.17, 15) is 0 Å². The van der Waals surface area contributed by atoms with Crippen LogP contribution in [-0.2, 0) is 24.2 Å². The standard InChI is InChI=1S/C25H33N5O2/c1-3-26-25(29-22-11-7-12-23(19-22)32-18-8-17-31-2)28-20-24-27-14-16-30(24)15-13-21-9-5-4-6-10-21/h4-7,9-12,14,16,19H,3,8,13,15,17-18,20H2,1-2H3,(H2,26,28,29). The van der Waals surface area contributed by atoms with Crippen LogP contribution in [-0.4, -0.2) is 42.4 Å². The molecule has 0 aliphatic rings. The third kappa shape index (κ3) is 7.74. The van der Waals surface area contributed by atoms with Crippen molar-refractivity contribution in [1.82, 2.24) is 14.9 Å². The molecule has 2 aromatic carbocycles. The van der Waals surface area contributed by atoms with Gasteiger partial charge < -0.3 is 24.7 Å². The number of nitrogens with one attached hydrogen (secondary N) is 2. The third-order valence-electron chi connectivity index (χ3n) is 4.87. The zero-order chi connectivity index (χ0) is 22.4. The van der Waals surface area contributed by atoms with E-state index in [1.54, 1.807) is 7.11 Å². The third-order valence-corrected chi connectivity index (χ3v) is 4.87. The Morgan fingerprint density at radius 3 is 2.78 bits per heavy atom. The lowest BCUT2D eigenvalue weighted by Crippen LogP contribution is -2.30. The predicted octanol–water partition coefficient (Wildman–Crippen LogP) is 4.12. The number of hydrogen-bond donors (Lipinski definition) is 2. The zero-order valence-electron chi connectivity index (χ0n) is 19.0. The lowest BCUT2D eigenvalue weighted by Gasteiger charge is -2.13. The molecular weight excluding hydrogens is 402 g/mol. The molecule has 32 heavy (non-hydrogen) atoms. The molecule has 170 valence electrons. The fraction of sp³-hybridized carbons (Fsp3) is 0.360. The van der Waals surface area contributed by atoms with E-state index in [-0.39, 0.29) is 0 Å². The fourth-order valence-electron chi connectivity index (χ4n) is 3.24. The second-order valence-electron chi connectivity index (χ2n) is 7.32. The van der Waals surface area contributed by atoms with E-state index in [0.717, 1.165) is 43.2 Å². The van der Waals surface area contributed by atoms with Crippen LogP contribution in [0.5, 0.6) is 5.75 Å². The van der Waals surface area contributed by atoms with E-state index in [4.69, 9.17) is 14.5 Å². The van der Waals surface area contributed by atoms with Crippen molar-refractivity contribution < 1.29 is 9.47 Å². The molecule has 0 fully saturated rings. The van der Waals surface area contributed by atoms with Gasteiger partial charge in [-0.15, -0.1) is 0 Å². The summed E-state index contributed by atoms with van der Waals surface area (Å²) >= 11 is 0. The normalized spacial score (nSPS) is 11.4. The van der Waals surface area contributed by atoms with Gasteiger partial charge in [0.05, 0.1) is 6.61 Å². The van der Waals surface area contributed by atoms with E-state index < -0.39 is 0 Å². The average molecular weight is 436 g/mol. The second-order valence-corrected chi connectivity index (χ2v) is 7.32. The van der Waals surface area contributed by atoms with Crippen molar-refractivity contribution >= 4 is 11.6 Å². The van der Waals surface area contributed by atoms with Crippen LogP contribution in [0.25, 0.3) is 0 Å². The number of benzene rings is 2. The Labute approximate surface area is 190 Å². The number of imidazole rings is 1. The summed E-state index contributed by atoms with van der Waals surface area (Å²) < 4.78 is 13.0. The van der Waals surface area contributed by atoms with Crippen LogP contribution in [0.3, 0.4) is 0 Å². The summed E-state index contributed by atoms with van der Waals surface area (Å²) in [6, 6.07) is 18.4. The topological polar surface area (TPSA) is 72.7 Å². The molecule has 7 nitrogen and oxygen atoms in total. The first-order chi connectivity index (χ1) is 15.8. The number of rotatable bonds is 12. The number of guanidine groups is 1. The Bertz CT molecular complexity index is 956. The molecule has 0 aliphatic heterocycles. The van der Waals surface area contributed by atoms with Crippen molar-refractivity contribution in [3.63, 3.8) is 0 Å². The van der Waals surface area contributed by atoms with E-state index >= 15 is 0 Å². The molecule has 2 N–H and O–H groups in total. The number of hydrogen-bond acceptors (Lipinski definition) is 4. The zero-order valence-corrected chi connectivity index (χ0v) is 19.0. The Morgan fingerprint density at radius 1 is 1.09 bits per heavy atom. The van der Waals surface area contributed by atoms with Gasteiger partial charge in [0.2, 0.25) is 0 Å². The highest BCUT2D eigenvalue weighted by Gasteiger charge is 2.05. The molecule has 0 amide bonds. The quantitative estimate of drug-likeness (QED) is 0.254. The Hall–Kier alpha value is -3.32. The van der Waals surface area contributed by atoms with E-state index in [1.807, 2.05) is 49.6 Å². The van der Waals surface area contributed by atoms with Crippen LogP contribution >= 0.6 is 0 Å². The molecule has 0 atom stereocenters. The van der Waals surface area contributed by atoms with Crippen LogP contribution in [0, 0.1) is 0 Å². The first-order valence-electron chi connectivity index (χ1n) is 11.1. The number of anilines is 1. The van der Waals surface area contributed by atoms with Gasteiger partial charge in [0.15, 0.2) is 5.96 Å². The van der Waals surface area contributed by atoms with Gasteiger partial charge in [0.1, 0.15) is 18.1 Å². The summed E-state index contributed by atoms with van der Waals surface area (Å²) in [4.78, 5) is 9.24. The average Bonchev–Trinajstić information content (AvgIpc) is 3.27. The van der Waals surface area contributed by atoms with Crippen molar-refractivity contribution in [2.24, 2.45) is 4.99 Å². The maximum Gasteiger partial charge on any atom is 0.196 e. The highest BCUT2D eigenvalue weighted by Crippen LogP contribution is 2.17. The van der Waals surface area contributed by atoms with Crippen molar-refractivity contribution in [2.75, 3.05) is 32.2 Å². The largest absolute Gasteiger partial charge is 0.493 e. The van der Waals surface area contributed by atoms with Crippen LogP contribution < -0.4 is 15.4 Å². The first kappa shape index (κ1) is 23.3. The number of aryl methyl sites for hydroxylation is 2. The molecule has 0 aliphatic carbocycles. The second kappa shape index (κ2) is 13.2. The first-order valence-corrected chi connectivity index (χ1v) is 11.1. The van der Waals surface area contributed by atoms with Crippen LogP contribution in [0.15, 0.2) is 72.0 Å². The van der Waals surface area contributed by atoms with E-state index in [0.29, 0.717) is 25.7 Å². The van der Waals surface area contributed by atoms with Gasteiger partial charge in [0.25, 0.3) is 0 Å². The van der Waals surface area contributed by atoms with Gasteiger partial charge in [-0.3, -0.25) is 0 Å². The minimum atomic E-state index is 0.490.